The third-order valence-electron chi connectivity index (χ3n) is 3.26. The minimum atomic E-state index is -0.616. The molecule has 0 spiro atoms. The second kappa shape index (κ2) is 6.91. The summed E-state index contributed by atoms with van der Waals surface area (Å²) in [4.78, 5) is 22.5. The van der Waals surface area contributed by atoms with E-state index in [2.05, 4.69) is 0 Å². The minimum Gasteiger partial charge on any atom is -0.490 e. The SMILES string of the molecule is COc1ccc(C(=O)OCc2cc(C)cc(C)c2)cc1[N+](=O)[O-]. The van der Waals surface area contributed by atoms with Gasteiger partial charge in [0.25, 0.3) is 0 Å². The van der Waals surface area contributed by atoms with Crippen LogP contribution in [0.3, 0.4) is 0 Å². The summed E-state index contributed by atoms with van der Waals surface area (Å²) in [5.74, 6) is -0.518. The predicted molar refractivity (Wildman–Crippen MR) is 84.7 cm³/mol. The highest BCUT2D eigenvalue weighted by molar-refractivity contribution is 5.90. The van der Waals surface area contributed by atoms with Gasteiger partial charge in [-0.2, -0.15) is 0 Å². The smallest absolute Gasteiger partial charge is 0.338 e. The van der Waals surface area contributed by atoms with Crippen molar-refractivity contribution in [2.45, 2.75) is 20.5 Å². The molecular formula is C17H17NO5. The van der Waals surface area contributed by atoms with Crippen LogP contribution in [-0.2, 0) is 11.3 Å². The number of hydrogen-bond acceptors (Lipinski definition) is 5. The maximum absolute atomic E-state index is 12.1. The minimum absolute atomic E-state index is 0.0980. The summed E-state index contributed by atoms with van der Waals surface area (Å²) in [6.45, 7) is 4.04. The van der Waals surface area contributed by atoms with Crippen LogP contribution in [-0.4, -0.2) is 18.0 Å². The van der Waals surface area contributed by atoms with Gasteiger partial charge in [-0.1, -0.05) is 29.3 Å². The molecule has 2 aromatic carbocycles. The molecule has 0 saturated heterocycles. The van der Waals surface area contributed by atoms with Gasteiger partial charge >= 0.3 is 11.7 Å². The van der Waals surface area contributed by atoms with Gasteiger partial charge in [0.2, 0.25) is 0 Å². The lowest BCUT2D eigenvalue weighted by atomic mass is 10.1. The highest BCUT2D eigenvalue weighted by Crippen LogP contribution is 2.27. The Morgan fingerprint density at radius 3 is 2.35 bits per heavy atom. The quantitative estimate of drug-likeness (QED) is 0.479. The maximum atomic E-state index is 12.1. The number of carbonyl (C=O) groups is 1. The number of aryl methyl sites for hydroxylation is 2. The third-order valence-corrected chi connectivity index (χ3v) is 3.26. The number of nitro groups is 1. The summed E-state index contributed by atoms with van der Waals surface area (Å²) in [6.07, 6.45) is 0. The predicted octanol–water partition coefficient (Wildman–Crippen LogP) is 3.58. The van der Waals surface area contributed by atoms with Crippen LogP contribution in [0.1, 0.15) is 27.0 Å². The summed E-state index contributed by atoms with van der Waals surface area (Å²) < 4.78 is 10.1. The van der Waals surface area contributed by atoms with Gasteiger partial charge in [-0.3, -0.25) is 10.1 Å². The lowest BCUT2D eigenvalue weighted by Gasteiger charge is -2.08. The molecule has 0 unspecified atom stereocenters. The normalized spacial score (nSPS) is 10.2. The molecule has 23 heavy (non-hydrogen) atoms. The standard InChI is InChI=1S/C17H17NO5/c1-11-6-12(2)8-13(7-11)10-23-17(19)14-4-5-16(22-3)15(9-14)18(20)21/h4-9H,10H2,1-3H3. The summed E-state index contributed by atoms with van der Waals surface area (Å²) in [5, 5.41) is 11.0. The number of nitrogens with zero attached hydrogens (tertiary/aromatic N) is 1. The fraction of sp³-hybridized carbons (Fsp3) is 0.235. The lowest BCUT2D eigenvalue weighted by Crippen LogP contribution is -2.06. The zero-order valence-corrected chi connectivity index (χ0v) is 13.2. The number of nitro benzene ring substituents is 1. The van der Waals surface area contributed by atoms with Crippen molar-refractivity contribution in [3.05, 3.63) is 68.8 Å². The summed E-state index contributed by atoms with van der Waals surface area (Å²) in [7, 11) is 1.33. The van der Waals surface area contributed by atoms with Crippen LogP contribution in [0, 0.1) is 24.0 Å². The zero-order chi connectivity index (χ0) is 17.0. The third kappa shape index (κ3) is 4.06. The zero-order valence-electron chi connectivity index (χ0n) is 13.2. The Hall–Kier alpha value is -2.89. The van der Waals surface area contributed by atoms with E-state index in [4.69, 9.17) is 9.47 Å². The summed E-state index contributed by atoms with van der Waals surface area (Å²) >= 11 is 0. The van der Waals surface area contributed by atoms with Gasteiger partial charge < -0.3 is 9.47 Å². The van der Waals surface area contributed by atoms with E-state index in [1.54, 1.807) is 0 Å². The van der Waals surface area contributed by atoms with Crippen molar-refractivity contribution in [2.75, 3.05) is 7.11 Å². The number of methoxy groups -OCH3 is 1. The lowest BCUT2D eigenvalue weighted by molar-refractivity contribution is -0.385. The molecule has 0 heterocycles. The molecule has 2 aromatic rings. The molecule has 0 aliphatic carbocycles. The first-order valence-electron chi connectivity index (χ1n) is 6.97. The molecule has 0 amide bonds. The molecule has 6 heteroatoms. The van der Waals surface area contributed by atoms with Gasteiger partial charge in [-0.25, -0.2) is 4.79 Å². The Morgan fingerprint density at radius 2 is 1.78 bits per heavy atom. The molecule has 0 N–H and O–H groups in total. The van der Waals surface area contributed by atoms with E-state index in [1.165, 1.54) is 19.2 Å². The van der Waals surface area contributed by atoms with Crippen molar-refractivity contribution in [1.29, 1.82) is 0 Å². The molecule has 120 valence electrons. The number of benzene rings is 2. The van der Waals surface area contributed by atoms with Crippen LogP contribution in [0.15, 0.2) is 36.4 Å². The maximum Gasteiger partial charge on any atom is 0.338 e. The van der Waals surface area contributed by atoms with E-state index in [0.29, 0.717) is 0 Å². The Bertz CT molecular complexity index is 734. The average molecular weight is 315 g/mol. The molecule has 0 bridgehead atoms. The second-order valence-corrected chi connectivity index (χ2v) is 5.22. The second-order valence-electron chi connectivity index (χ2n) is 5.22. The number of ether oxygens (including phenoxy) is 2. The molecular weight excluding hydrogens is 298 g/mol. The van der Waals surface area contributed by atoms with E-state index < -0.39 is 10.9 Å². The van der Waals surface area contributed by atoms with Crippen LogP contribution in [0.4, 0.5) is 5.69 Å². The molecule has 0 aliphatic heterocycles. The topological polar surface area (TPSA) is 78.7 Å². The fourth-order valence-electron chi connectivity index (χ4n) is 2.34. The van der Waals surface area contributed by atoms with Crippen molar-refractivity contribution >= 4 is 11.7 Å². The van der Waals surface area contributed by atoms with Crippen LogP contribution in [0.25, 0.3) is 0 Å². The number of esters is 1. The highest BCUT2D eigenvalue weighted by Gasteiger charge is 2.19. The Labute approximate surface area is 133 Å². The number of rotatable bonds is 5. The van der Waals surface area contributed by atoms with Gasteiger partial charge in [-0.05, 0) is 31.5 Å². The number of hydrogen-bond donors (Lipinski definition) is 0. The van der Waals surface area contributed by atoms with E-state index in [-0.39, 0.29) is 23.6 Å². The first-order chi connectivity index (χ1) is 10.9. The van der Waals surface area contributed by atoms with E-state index in [9.17, 15) is 14.9 Å². The van der Waals surface area contributed by atoms with E-state index in [1.807, 2.05) is 32.0 Å². The highest BCUT2D eigenvalue weighted by atomic mass is 16.6. The van der Waals surface area contributed by atoms with Crippen LogP contribution in [0.2, 0.25) is 0 Å². The van der Waals surface area contributed by atoms with Gasteiger partial charge in [0.1, 0.15) is 6.61 Å². The van der Waals surface area contributed by atoms with Crippen molar-refractivity contribution in [2.24, 2.45) is 0 Å². The Morgan fingerprint density at radius 1 is 1.13 bits per heavy atom. The van der Waals surface area contributed by atoms with Gasteiger partial charge in [0, 0.05) is 6.07 Å². The van der Waals surface area contributed by atoms with Gasteiger partial charge in [0.05, 0.1) is 17.6 Å². The average Bonchev–Trinajstić information content (AvgIpc) is 2.51. The Kier molecular flexibility index (Phi) is 4.95. The largest absolute Gasteiger partial charge is 0.490 e. The fourth-order valence-corrected chi connectivity index (χ4v) is 2.34. The van der Waals surface area contributed by atoms with Crippen LogP contribution in [0.5, 0.6) is 5.75 Å². The van der Waals surface area contributed by atoms with Gasteiger partial charge in [-0.15, -0.1) is 0 Å². The molecule has 0 atom stereocenters. The number of carbonyl (C=O) groups excluding carboxylic acids is 1. The molecule has 2 rings (SSSR count). The summed E-state index contributed by atoms with van der Waals surface area (Å²) in [6, 6.07) is 9.86. The molecule has 0 fully saturated rings. The van der Waals surface area contributed by atoms with Crippen molar-refractivity contribution in [3.8, 4) is 5.75 Å². The van der Waals surface area contributed by atoms with Crippen molar-refractivity contribution in [3.63, 3.8) is 0 Å². The monoisotopic (exact) mass is 315 g/mol. The van der Waals surface area contributed by atoms with Crippen molar-refractivity contribution in [1.82, 2.24) is 0 Å². The molecule has 0 aromatic heterocycles. The van der Waals surface area contributed by atoms with E-state index in [0.717, 1.165) is 22.8 Å². The molecule has 6 nitrogen and oxygen atoms in total. The molecule has 0 saturated carbocycles. The van der Waals surface area contributed by atoms with Crippen LogP contribution < -0.4 is 4.74 Å². The van der Waals surface area contributed by atoms with Gasteiger partial charge in [0.15, 0.2) is 5.75 Å². The molecule has 0 radical (unpaired) electrons. The van der Waals surface area contributed by atoms with E-state index >= 15 is 0 Å². The first kappa shape index (κ1) is 16.5. The first-order valence-corrected chi connectivity index (χ1v) is 6.97. The molecule has 0 aliphatic rings. The Balaban J connectivity index is 2.14. The summed E-state index contributed by atoms with van der Waals surface area (Å²) in [5.41, 5.74) is 2.88. The van der Waals surface area contributed by atoms with Crippen molar-refractivity contribution < 1.29 is 19.2 Å². The van der Waals surface area contributed by atoms with Crippen LogP contribution >= 0.6 is 0 Å².